The molecule has 0 amide bonds. The van der Waals surface area contributed by atoms with Gasteiger partial charge in [-0.15, -0.1) is 0 Å². The average Bonchev–Trinajstić information content (AvgIpc) is 2.21. The standard InChI is InChI=1S/C13H20O2/c1-2-14-8-15-13-11-4-9-3-10(6-11)7-12(13)5-9/h2,9-13H,1,3-8H2. The first-order valence-corrected chi connectivity index (χ1v) is 6.21. The fourth-order valence-corrected chi connectivity index (χ4v) is 4.31. The third-order valence-corrected chi connectivity index (χ3v) is 4.59. The van der Waals surface area contributed by atoms with Crippen LogP contribution >= 0.6 is 0 Å². The highest BCUT2D eigenvalue weighted by Crippen LogP contribution is 2.54. The van der Waals surface area contributed by atoms with Crippen molar-refractivity contribution in [1.29, 1.82) is 0 Å². The molecule has 0 radical (unpaired) electrons. The Bertz CT molecular complexity index is 221. The molecule has 0 unspecified atom stereocenters. The van der Waals surface area contributed by atoms with E-state index in [9.17, 15) is 0 Å². The van der Waals surface area contributed by atoms with Gasteiger partial charge >= 0.3 is 0 Å². The van der Waals surface area contributed by atoms with E-state index in [0.29, 0.717) is 12.9 Å². The van der Waals surface area contributed by atoms with Gasteiger partial charge in [0.1, 0.15) is 0 Å². The summed E-state index contributed by atoms with van der Waals surface area (Å²) in [6.07, 6.45) is 9.09. The molecule has 4 rings (SSSR count). The Balaban J connectivity index is 1.62. The fraction of sp³-hybridized carbons (Fsp3) is 0.846. The van der Waals surface area contributed by atoms with Crippen LogP contribution in [0.25, 0.3) is 0 Å². The lowest BCUT2D eigenvalue weighted by Gasteiger charge is -2.53. The summed E-state index contributed by atoms with van der Waals surface area (Å²) in [5.41, 5.74) is 0. The van der Waals surface area contributed by atoms with Crippen molar-refractivity contribution in [3.8, 4) is 0 Å². The molecule has 0 aromatic rings. The number of rotatable bonds is 4. The molecular formula is C13H20O2. The van der Waals surface area contributed by atoms with E-state index in [-0.39, 0.29) is 0 Å². The van der Waals surface area contributed by atoms with Crippen molar-refractivity contribution >= 4 is 0 Å². The predicted octanol–water partition coefficient (Wildman–Crippen LogP) is 2.95. The van der Waals surface area contributed by atoms with Crippen LogP contribution in [0.15, 0.2) is 12.8 Å². The normalized spacial score (nSPS) is 46.8. The van der Waals surface area contributed by atoms with E-state index in [1.54, 1.807) is 0 Å². The van der Waals surface area contributed by atoms with Gasteiger partial charge in [0.05, 0.1) is 12.4 Å². The molecule has 4 aliphatic carbocycles. The molecule has 0 aromatic heterocycles. The Labute approximate surface area is 91.6 Å². The summed E-state index contributed by atoms with van der Waals surface area (Å²) in [6.45, 7) is 3.93. The van der Waals surface area contributed by atoms with Crippen LogP contribution in [0.1, 0.15) is 32.1 Å². The van der Waals surface area contributed by atoms with Gasteiger partial charge < -0.3 is 9.47 Å². The molecular weight excluding hydrogens is 188 g/mol. The summed E-state index contributed by atoms with van der Waals surface area (Å²) in [5, 5.41) is 0. The molecule has 0 spiro atoms. The Morgan fingerprint density at radius 3 is 2.13 bits per heavy atom. The minimum absolute atomic E-state index is 0.399. The van der Waals surface area contributed by atoms with Gasteiger partial charge in [0.2, 0.25) is 0 Å². The second kappa shape index (κ2) is 3.82. The summed E-state index contributed by atoms with van der Waals surface area (Å²) in [5.74, 6) is 3.70. The van der Waals surface area contributed by atoms with E-state index in [2.05, 4.69) is 6.58 Å². The van der Waals surface area contributed by atoms with Gasteiger partial charge in [0, 0.05) is 0 Å². The minimum atomic E-state index is 0.399. The van der Waals surface area contributed by atoms with Gasteiger partial charge in [-0.25, -0.2) is 0 Å². The van der Waals surface area contributed by atoms with E-state index in [0.717, 1.165) is 23.7 Å². The van der Waals surface area contributed by atoms with Crippen LogP contribution in [0.5, 0.6) is 0 Å². The predicted molar refractivity (Wildman–Crippen MR) is 58.1 cm³/mol. The molecule has 0 heterocycles. The molecule has 2 heteroatoms. The van der Waals surface area contributed by atoms with Crippen molar-refractivity contribution < 1.29 is 9.47 Å². The lowest BCUT2D eigenvalue weighted by atomic mass is 9.55. The lowest BCUT2D eigenvalue weighted by Crippen LogP contribution is -2.49. The largest absolute Gasteiger partial charge is 0.476 e. The SMILES string of the molecule is C=COCOC1C2CC3CC(C2)CC1C3. The fourth-order valence-electron chi connectivity index (χ4n) is 4.31. The highest BCUT2D eigenvalue weighted by molar-refractivity contribution is 4.98. The minimum Gasteiger partial charge on any atom is -0.476 e. The van der Waals surface area contributed by atoms with E-state index < -0.39 is 0 Å². The first kappa shape index (κ1) is 9.71. The van der Waals surface area contributed by atoms with Crippen molar-refractivity contribution in [2.24, 2.45) is 23.7 Å². The smallest absolute Gasteiger partial charge is 0.188 e. The Kier molecular flexibility index (Phi) is 2.47. The monoisotopic (exact) mass is 208 g/mol. The van der Waals surface area contributed by atoms with Crippen molar-refractivity contribution in [3.05, 3.63) is 12.8 Å². The molecule has 0 atom stereocenters. The van der Waals surface area contributed by atoms with Crippen LogP contribution in [-0.2, 0) is 9.47 Å². The second-order valence-corrected chi connectivity index (χ2v) is 5.51. The molecule has 15 heavy (non-hydrogen) atoms. The highest BCUT2D eigenvalue weighted by atomic mass is 16.7. The summed E-state index contributed by atoms with van der Waals surface area (Å²) in [4.78, 5) is 0. The first-order chi connectivity index (χ1) is 7.36. The zero-order chi connectivity index (χ0) is 10.3. The van der Waals surface area contributed by atoms with Crippen LogP contribution in [0.2, 0.25) is 0 Å². The van der Waals surface area contributed by atoms with Gasteiger partial charge in [0.15, 0.2) is 6.79 Å². The lowest BCUT2D eigenvalue weighted by molar-refractivity contribution is -0.162. The van der Waals surface area contributed by atoms with Gasteiger partial charge in [-0.1, -0.05) is 6.58 Å². The molecule has 0 saturated heterocycles. The Morgan fingerprint density at radius 1 is 1.00 bits per heavy atom. The van der Waals surface area contributed by atoms with Crippen molar-refractivity contribution in [3.63, 3.8) is 0 Å². The molecule has 0 N–H and O–H groups in total. The summed E-state index contributed by atoms with van der Waals surface area (Å²) < 4.78 is 10.9. The highest BCUT2D eigenvalue weighted by Gasteiger charge is 2.48. The molecule has 4 aliphatic rings. The summed E-state index contributed by atoms with van der Waals surface area (Å²) >= 11 is 0. The maximum Gasteiger partial charge on any atom is 0.188 e. The van der Waals surface area contributed by atoms with E-state index in [4.69, 9.17) is 9.47 Å². The maximum absolute atomic E-state index is 5.87. The second-order valence-electron chi connectivity index (χ2n) is 5.51. The molecule has 0 aliphatic heterocycles. The molecule has 4 saturated carbocycles. The van der Waals surface area contributed by atoms with E-state index >= 15 is 0 Å². The molecule has 0 aromatic carbocycles. The van der Waals surface area contributed by atoms with Gasteiger partial charge in [-0.2, -0.15) is 0 Å². The van der Waals surface area contributed by atoms with Crippen molar-refractivity contribution in [2.45, 2.75) is 38.2 Å². The topological polar surface area (TPSA) is 18.5 Å². The first-order valence-electron chi connectivity index (χ1n) is 6.21. The van der Waals surface area contributed by atoms with Crippen LogP contribution in [0.4, 0.5) is 0 Å². The van der Waals surface area contributed by atoms with Gasteiger partial charge in [-0.3, -0.25) is 0 Å². The quantitative estimate of drug-likeness (QED) is 0.402. The average molecular weight is 208 g/mol. The maximum atomic E-state index is 5.87. The van der Waals surface area contributed by atoms with Crippen LogP contribution in [-0.4, -0.2) is 12.9 Å². The van der Waals surface area contributed by atoms with Crippen molar-refractivity contribution in [1.82, 2.24) is 0 Å². The Morgan fingerprint density at radius 2 is 1.60 bits per heavy atom. The van der Waals surface area contributed by atoms with Gasteiger partial charge in [0.25, 0.3) is 0 Å². The third kappa shape index (κ3) is 1.69. The number of hydrogen-bond donors (Lipinski definition) is 0. The molecule has 4 fully saturated rings. The molecule has 84 valence electrons. The van der Waals surface area contributed by atoms with Gasteiger partial charge in [-0.05, 0) is 55.8 Å². The van der Waals surface area contributed by atoms with Crippen LogP contribution in [0.3, 0.4) is 0 Å². The molecule has 4 bridgehead atoms. The summed E-state index contributed by atoms with van der Waals surface area (Å²) in [7, 11) is 0. The third-order valence-electron chi connectivity index (χ3n) is 4.59. The van der Waals surface area contributed by atoms with Crippen LogP contribution in [0, 0.1) is 23.7 Å². The van der Waals surface area contributed by atoms with E-state index in [1.807, 2.05) is 0 Å². The number of hydrogen-bond acceptors (Lipinski definition) is 2. The van der Waals surface area contributed by atoms with Crippen molar-refractivity contribution in [2.75, 3.05) is 6.79 Å². The zero-order valence-electron chi connectivity index (χ0n) is 9.23. The van der Waals surface area contributed by atoms with Crippen LogP contribution < -0.4 is 0 Å². The Hall–Kier alpha value is -0.500. The zero-order valence-corrected chi connectivity index (χ0v) is 9.23. The van der Waals surface area contributed by atoms with E-state index in [1.165, 1.54) is 38.4 Å². The summed E-state index contributed by atoms with van der Waals surface area (Å²) in [6, 6.07) is 0. The molecule has 2 nitrogen and oxygen atoms in total. The number of ether oxygens (including phenoxy) is 2.